The molecule has 1 unspecified atom stereocenters. The summed E-state index contributed by atoms with van der Waals surface area (Å²) >= 11 is 12.1. The van der Waals surface area contributed by atoms with Gasteiger partial charge in [-0.3, -0.25) is 0 Å². The van der Waals surface area contributed by atoms with Crippen LogP contribution in [0.15, 0.2) is 18.2 Å². The lowest BCUT2D eigenvalue weighted by atomic mass is 10.0. The van der Waals surface area contributed by atoms with Crippen LogP contribution in [0, 0.1) is 0 Å². The molecule has 0 radical (unpaired) electrons. The largest absolute Gasteiger partial charge is 0.327 e. The molecule has 0 aliphatic heterocycles. The van der Waals surface area contributed by atoms with Gasteiger partial charge in [0.1, 0.15) is 0 Å². The third kappa shape index (κ3) is 5.76. The van der Waals surface area contributed by atoms with E-state index in [0.717, 1.165) is 28.5 Å². The van der Waals surface area contributed by atoms with Gasteiger partial charge in [-0.05, 0) is 36.6 Å². The maximum absolute atomic E-state index is 6.11. The van der Waals surface area contributed by atoms with Crippen LogP contribution in [0.25, 0.3) is 0 Å². The monoisotopic (exact) mass is 273 g/mol. The Morgan fingerprint density at radius 3 is 2.65 bits per heavy atom. The molecule has 17 heavy (non-hydrogen) atoms. The van der Waals surface area contributed by atoms with Crippen LogP contribution in [0.4, 0.5) is 0 Å². The molecule has 1 rings (SSSR count). The summed E-state index contributed by atoms with van der Waals surface area (Å²) < 4.78 is 0. The molecule has 96 valence electrons. The van der Waals surface area contributed by atoms with Crippen LogP contribution >= 0.6 is 23.2 Å². The Morgan fingerprint density at radius 1 is 1.18 bits per heavy atom. The van der Waals surface area contributed by atoms with E-state index >= 15 is 0 Å². The zero-order chi connectivity index (χ0) is 12.7. The maximum atomic E-state index is 6.11. The molecule has 0 fully saturated rings. The number of rotatable bonds is 7. The number of halogens is 2. The van der Waals surface area contributed by atoms with Crippen molar-refractivity contribution in [3.05, 3.63) is 33.8 Å². The summed E-state index contributed by atoms with van der Waals surface area (Å²) in [6.45, 7) is 2.21. The summed E-state index contributed by atoms with van der Waals surface area (Å²) in [5.41, 5.74) is 7.16. The molecule has 0 heterocycles. The number of hydrogen-bond acceptors (Lipinski definition) is 1. The van der Waals surface area contributed by atoms with Gasteiger partial charge in [-0.1, -0.05) is 55.8 Å². The van der Waals surface area contributed by atoms with Crippen LogP contribution in [0.2, 0.25) is 10.0 Å². The molecule has 1 nitrogen and oxygen atoms in total. The fourth-order valence-corrected chi connectivity index (χ4v) is 2.31. The Hall–Kier alpha value is -0.240. The standard InChI is InChI=1S/C14H21Cl2N/c1-2-3-4-5-6-13(17)10-11-9-12(15)7-8-14(11)16/h7-9,13H,2-6,10,17H2,1H3. The predicted octanol–water partition coefficient (Wildman–Crippen LogP) is 4.83. The van der Waals surface area contributed by atoms with Gasteiger partial charge in [0.15, 0.2) is 0 Å². The lowest BCUT2D eigenvalue weighted by Gasteiger charge is -2.12. The number of nitrogens with two attached hydrogens (primary N) is 1. The highest BCUT2D eigenvalue weighted by molar-refractivity contribution is 6.33. The second-order valence-electron chi connectivity index (χ2n) is 4.55. The highest BCUT2D eigenvalue weighted by Crippen LogP contribution is 2.22. The lowest BCUT2D eigenvalue weighted by Crippen LogP contribution is -2.22. The number of benzene rings is 1. The van der Waals surface area contributed by atoms with Crippen molar-refractivity contribution in [2.45, 2.75) is 51.5 Å². The van der Waals surface area contributed by atoms with E-state index in [-0.39, 0.29) is 6.04 Å². The molecule has 0 aliphatic carbocycles. The Kier molecular flexibility index (Phi) is 6.94. The first-order valence-electron chi connectivity index (χ1n) is 6.33. The summed E-state index contributed by atoms with van der Waals surface area (Å²) in [5, 5.41) is 1.49. The molecule has 2 N–H and O–H groups in total. The summed E-state index contributed by atoms with van der Waals surface area (Å²) in [6.07, 6.45) is 6.90. The smallest absolute Gasteiger partial charge is 0.0439 e. The maximum Gasteiger partial charge on any atom is 0.0439 e. The second-order valence-corrected chi connectivity index (χ2v) is 5.39. The minimum Gasteiger partial charge on any atom is -0.327 e. The van der Waals surface area contributed by atoms with Crippen molar-refractivity contribution in [1.82, 2.24) is 0 Å². The topological polar surface area (TPSA) is 26.0 Å². The summed E-state index contributed by atoms with van der Waals surface area (Å²) in [7, 11) is 0. The van der Waals surface area contributed by atoms with Crippen molar-refractivity contribution in [2.75, 3.05) is 0 Å². The number of unbranched alkanes of at least 4 members (excludes halogenated alkanes) is 3. The summed E-state index contributed by atoms with van der Waals surface area (Å²) in [4.78, 5) is 0. The molecule has 1 atom stereocenters. The first-order valence-corrected chi connectivity index (χ1v) is 7.08. The van der Waals surface area contributed by atoms with Crippen molar-refractivity contribution in [2.24, 2.45) is 5.73 Å². The molecule has 0 saturated heterocycles. The highest BCUT2D eigenvalue weighted by atomic mass is 35.5. The molecule has 0 spiro atoms. The zero-order valence-electron chi connectivity index (χ0n) is 10.4. The Balaban J connectivity index is 2.39. The van der Waals surface area contributed by atoms with Crippen molar-refractivity contribution < 1.29 is 0 Å². The average Bonchev–Trinajstić information content (AvgIpc) is 2.29. The van der Waals surface area contributed by atoms with Gasteiger partial charge in [0, 0.05) is 16.1 Å². The van der Waals surface area contributed by atoms with Crippen LogP contribution in [0.1, 0.15) is 44.6 Å². The molecule has 3 heteroatoms. The minimum atomic E-state index is 0.183. The zero-order valence-corrected chi connectivity index (χ0v) is 11.9. The van der Waals surface area contributed by atoms with Gasteiger partial charge in [0.05, 0.1) is 0 Å². The van der Waals surface area contributed by atoms with E-state index in [4.69, 9.17) is 28.9 Å². The molecular formula is C14H21Cl2N. The molecule has 0 aromatic heterocycles. The van der Waals surface area contributed by atoms with E-state index in [1.807, 2.05) is 12.1 Å². The summed E-state index contributed by atoms with van der Waals surface area (Å²) in [5.74, 6) is 0. The van der Waals surface area contributed by atoms with Crippen LogP contribution in [0.3, 0.4) is 0 Å². The molecular weight excluding hydrogens is 253 g/mol. The van der Waals surface area contributed by atoms with Crippen molar-refractivity contribution in [3.8, 4) is 0 Å². The number of hydrogen-bond donors (Lipinski definition) is 1. The van der Waals surface area contributed by atoms with Gasteiger partial charge in [-0.2, -0.15) is 0 Å². The Labute approximate surface area is 114 Å². The van der Waals surface area contributed by atoms with Gasteiger partial charge in [-0.25, -0.2) is 0 Å². The molecule has 0 saturated carbocycles. The average molecular weight is 274 g/mol. The quantitative estimate of drug-likeness (QED) is 0.708. The second kappa shape index (κ2) is 7.97. The van der Waals surface area contributed by atoms with Crippen LogP contribution in [-0.2, 0) is 6.42 Å². The van der Waals surface area contributed by atoms with Crippen molar-refractivity contribution in [1.29, 1.82) is 0 Å². The molecule has 0 bridgehead atoms. The normalized spacial score (nSPS) is 12.7. The fraction of sp³-hybridized carbons (Fsp3) is 0.571. The van der Waals surface area contributed by atoms with Gasteiger partial charge in [0.2, 0.25) is 0 Å². The molecule has 1 aromatic carbocycles. The van der Waals surface area contributed by atoms with Crippen LogP contribution in [0.5, 0.6) is 0 Å². The highest BCUT2D eigenvalue weighted by Gasteiger charge is 2.07. The lowest BCUT2D eigenvalue weighted by molar-refractivity contribution is 0.546. The predicted molar refractivity (Wildman–Crippen MR) is 76.9 cm³/mol. The molecule has 0 aliphatic rings. The van der Waals surface area contributed by atoms with Crippen molar-refractivity contribution >= 4 is 23.2 Å². The SMILES string of the molecule is CCCCCCC(N)Cc1cc(Cl)ccc1Cl. The third-order valence-electron chi connectivity index (χ3n) is 2.92. The fourth-order valence-electron chi connectivity index (χ4n) is 1.92. The Morgan fingerprint density at radius 2 is 1.94 bits per heavy atom. The molecule has 0 amide bonds. The van der Waals surface area contributed by atoms with Crippen LogP contribution in [-0.4, -0.2) is 6.04 Å². The van der Waals surface area contributed by atoms with E-state index in [0.29, 0.717) is 0 Å². The van der Waals surface area contributed by atoms with E-state index in [9.17, 15) is 0 Å². The van der Waals surface area contributed by atoms with E-state index in [1.54, 1.807) is 6.07 Å². The van der Waals surface area contributed by atoms with Crippen LogP contribution < -0.4 is 5.73 Å². The minimum absolute atomic E-state index is 0.183. The molecule has 1 aromatic rings. The van der Waals surface area contributed by atoms with Gasteiger partial charge in [-0.15, -0.1) is 0 Å². The van der Waals surface area contributed by atoms with Gasteiger partial charge >= 0.3 is 0 Å². The van der Waals surface area contributed by atoms with Crippen molar-refractivity contribution in [3.63, 3.8) is 0 Å². The third-order valence-corrected chi connectivity index (χ3v) is 3.52. The first-order chi connectivity index (χ1) is 8.13. The summed E-state index contributed by atoms with van der Waals surface area (Å²) in [6, 6.07) is 5.74. The van der Waals surface area contributed by atoms with E-state index < -0.39 is 0 Å². The Bertz CT molecular complexity index is 339. The first kappa shape index (κ1) is 14.8. The van der Waals surface area contributed by atoms with Gasteiger partial charge in [0.25, 0.3) is 0 Å². The van der Waals surface area contributed by atoms with E-state index in [2.05, 4.69) is 6.92 Å². The van der Waals surface area contributed by atoms with E-state index in [1.165, 1.54) is 25.7 Å². The van der Waals surface area contributed by atoms with Gasteiger partial charge < -0.3 is 5.73 Å².